The van der Waals surface area contributed by atoms with Crippen LogP contribution in [0.1, 0.15) is 38.5 Å². The smallest absolute Gasteiger partial charge is 0.253 e. The van der Waals surface area contributed by atoms with E-state index in [4.69, 9.17) is 9.47 Å². The van der Waals surface area contributed by atoms with Crippen LogP contribution in [0.2, 0.25) is 0 Å². The molecule has 2 amide bonds. The highest BCUT2D eigenvalue weighted by atomic mass is 16.5. The second-order valence-electron chi connectivity index (χ2n) is 9.68. The third kappa shape index (κ3) is 4.55. The van der Waals surface area contributed by atoms with Gasteiger partial charge in [-0.2, -0.15) is 0 Å². The molecule has 0 bridgehead atoms. The van der Waals surface area contributed by atoms with Gasteiger partial charge in [-0.15, -0.1) is 0 Å². The Morgan fingerprint density at radius 3 is 2.33 bits per heavy atom. The van der Waals surface area contributed by atoms with Gasteiger partial charge in [-0.05, 0) is 54.8 Å². The van der Waals surface area contributed by atoms with Crippen LogP contribution < -0.4 is 9.47 Å². The van der Waals surface area contributed by atoms with E-state index in [1.54, 1.807) is 14.2 Å². The molecule has 0 spiro atoms. The fourth-order valence-electron chi connectivity index (χ4n) is 5.46. The van der Waals surface area contributed by atoms with E-state index in [2.05, 4.69) is 12.1 Å². The number of hydrogen-bond acceptors (Lipinski definition) is 4. The van der Waals surface area contributed by atoms with Gasteiger partial charge in [0.05, 0.1) is 20.1 Å². The lowest BCUT2D eigenvalue weighted by Gasteiger charge is -2.32. The molecule has 1 saturated heterocycles. The second-order valence-corrected chi connectivity index (χ2v) is 9.68. The van der Waals surface area contributed by atoms with Crippen molar-refractivity contribution in [2.75, 3.05) is 33.9 Å². The van der Waals surface area contributed by atoms with Crippen LogP contribution >= 0.6 is 0 Å². The van der Waals surface area contributed by atoms with Crippen LogP contribution in [0.5, 0.6) is 11.5 Å². The standard InChI is InChI=1S/C30H32N2O4/c1-20-8-10-22(11-9-20)29(33)32-18-26(25-16-24(35-2)12-13-28(25)36-3)27(19-32)30(34)31-15-14-21-6-4-5-7-23(21)17-31/h4-13,16,26-27H,14-15,17-19H2,1-3H3. The summed E-state index contributed by atoms with van der Waals surface area (Å²) in [4.78, 5) is 31.2. The molecule has 0 saturated carbocycles. The van der Waals surface area contributed by atoms with Crippen molar-refractivity contribution in [1.29, 1.82) is 0 Å². The Labute approximate surface area is 212 Å². The lowest BCUT2D eigenvalue weighted by molar-refractivity contribution is -0.136. The lowest BCUT2D eigenvalue weighted by atomic mass is 9.86. The number of hydrogen-bond donors (Lipinski definition) is 0. The number of fused-ring (bicyclic) bond motifs is 1. The highest BCUT2D eigenvalue weighted by Crippen LogP contribution is 2.41. The van der Waals surface area contributed by atoms with Crippen LogP contribution in [0.15, 0.2) is 66.7 Å². The molecule has 0 aromatic heterocycles. The van der Waals surface area contributed by atoms with E-state index in [0.717, 1.165) is 17.5 Å². The summed E-state index contributed by atoms with van der Waals surface area (Å²) in [7, 11) is 3.26. The van der Waals surface area contributed by atoms with Gasteiger partial charge in [0.25, 0.3) is 5.91 Å². The van der Waals surface area contributed by atoms with E-state index in [9.17, 15) is 9.59 Å². The number of rotatable bonds is 5. The summed E-state index contributed by atoms with van der Waals surface area (Å²) >= 11 is 0. The minimum Gasteiger partial charge on any atom is -0.497 e. The molecule has 5 rings (SSSR count). The predicted octanol–water partition coefficient (Wildman–Crippen LogP) is 4.45. The van der Waals surface area contributed by atoms with Crippen molar-refractivity contribution < 1.29 is 19.1 Å². The maximum atomic E-state index is 14.0. The van der Waals surface area contributed by atoms with Gasteiger partial charge in [-0.3, -0.25) is 9.59 Å². The molecule has 2 heterocycles. The molecule has 2 aliphatic heterocycles. The Balaban J connectivity index is 1.48. The molecule has 6 nitrogen and oxygen atoms in total. The Morgan fingerprint density at radius 2 is 1.61 bits per heavy atom. The zero-order valence-corrected chi connectivity index (χ0v) is 21.1. The van der Waals surface area contributed by atoms with E-state index >= 15 is 0 Å². The van der Waals surface area contributed by atoms with Gasteiger partial charge < -0.3 is 19.3 Å². The molecule has 0 radical (unpaired) electrons. The maximum Gasteiger partial charge on any atom is 0.253 e. The van der Waals surface area contributed by atoms with Gasteiger partial charge in [0.1, 0.15) is 11.5 Å². The van der Waals surface area contributed by atoms with Gasteiger partial charge in [0, 0.05) is 43.2 Å². The molecule has 3 aromatic rings. The van der Waals surface area contributed by atoms with Crippen molar-refractivity contribution in [2.45, 2.75) is 25.8 Å². The Morgan fingerprint density at radius 1 is 0.861 bits per heavy atom. The zero-order valence-electron chi connectivity index (χ0n) is 21.1. The van der Waals surface area contributed by atoms with E-state index < -0.39 is 0 Å². The molecule has 2 unspecified atom stereocenters. The fourth-order valence-corrected chi connectivity index (χ4v) is 5.46. The SMILES string of the molecule is COc1ccc(OC)c(C2CN(C(=O)c3ccc(C)cc3)CC2C(=O)N2CCc3ccccc3C2)c1. The van der Waals surface area contributed by atoms with Crippen LogP contribution in [-0.2, 0) is 17.8 Å². The fraction of sp³-hybridized carbons (Fsp3) is 0.333. The number of benzene rings is 3. The van der Waals surface area contributed by atoms with Crippen LogP contribution in [0.3, 0.4) is 0 Å². The summed E-state index contributed by atoms with van der Waals surface area (Å²) < 4.78 is 11.2. The minimum atomic E-state index is -0.370. The molecule has 6 heteroatoms. The lowest BCUT2D eigenvalue weighted by Crippen LogP contribution is -2.42. The maximum absolute atomic E-state index is 14.0. The molecule has 2 aliphatic rings. The van der Waals surface area contributed by atoms with Crippen molar-refractivity contribution in [2.24, 2.45) is 5.92 Å². The van der Waals surface area contributed by atoms with Gasteiger partial charge >= 0.3 is 0 Å². The van der Waals surface area contributed by atoms with E-state index in [-0.39, 0.29) is 23.7 Å². The van der Waals surface area contributed by atoms with Crippen LogP contribution in [0.4, 0.5) is 0 Å². The zero-order chi connectivity index (χ0) is 25.2. The molecule has 3 aromatic carbocycles. The van der Waals surface area contributed by atoms with Crippen LogP contribution in [-0.4, -0.2) is 55.5 Å². The minimum absolute atomic E-state index is 0.0545. The van der Waals surface area contributed by atoms with Crippen LogP contribution in [0, 0.1) is 12.8 Å². The van der Waals surface area contributed by atoms with Crippen molar-refractivity contribution in [3.05, 3.63) is 94.5 Å². The number of amides is 2. The summed E-state index contributed by atoms with van der Waals surface area (Å²) in [6.07, 6.45) is 0.841. The van der Waals surface area contributed by atoms with Crippen molar-refractivity contribution in [1.82, 2.24) is 9.80 Å². The van der Waals surface area contributed by atoms with Crippen LogP contribution in [0.25, 0.3) is 0 Å². The monoisotopic (exact) mass is 484 g/mol. The third-order valence-corrected chi connectivity index (χ3v) is 7.50. The molecule has 0 N–H and O–H groups in total. The summed E-state index contributed by atoms with van der Waals surface area (Å²) in [6.45, 7) is 4.09. The molecule has 0 aliphatic carbocycles. The number of methoxy groups -OCH3 is 2. The average molecular weight is 485 g/mol. The third-order valence-electron chi connectivity index (χ3n) is 7.50. The summed E-state index contributed by atoms with van der Waals surface area (Å²) in [6, 6.07) is 21.6. The van der Waals surface area contributed by atoms with Gasteiger partial charge in [0.2, 0.25) is 5.91 Å². The van der Waals surface area contributed by atoms with Crippen molar-refractivity contribution in [3.8, 4) is 11.5 Å². The van der Waals surface area contributed by atoms with E-state index in [0.29, 0.717) is 43.2 Å². The Bertz CT molecular complexity index is 1270. The highest BCUT2D eigenvalue weighted by Gasteiger charge is 2.43. The first kappa shape index (κ1) is 23.9. The largest absolute Gasteiger partial charge is 0.497 e. The highest BCUT2D eigenvalue weighted by molar-refractivity contribution is 5.95. The van der Waals surface area contributed by atoms with Crippen molar-refractivity contribution in [3.63, 3.8) is 0 Å². The average Bonchev–Trinajstić information content (AvgIpc) is 3.37. The first-order chi connectivity index (χ1) is 17.5. The second kappa shape index (κ2) is 10.1. The van der Waals surface area contributed by atoms with Gasteiger partial charge in [0.15, 0.2) is 0 Å². The van der Waals surface area contributed by atoms with Gasteiger partial charge in [-0.1, -0.05) is 42.0 Å². The van der Waals surface area contributed by atoms with Crippen molar-refractivity contribution >= 4 is 11.8 Å². The first-order valence-electron chi connectivity index (χ1n) is 12.4. The number of nitrogens with zero attached hydrogens (tertiary/aromatic N) is 2. The van der Waals surface area contributed by atoms with Gasteiger partial charge in [-0.25, -0.2) is 0 Å². The molecule has 2 atom stereocenters. The van der Waals surface area contributed by atoms with E-state index in [1.807, 2.05) is 71.3 Å². The molecule has 186 valence electrons. The Hall–Kier alpha value is -3.80. The first-order valence-corrected chi connectivity index (χ1v) is 12.4. The summed E-state index contributed by atoms with van der Waals surface area (Å²) in [5.41, 5.74) is 5.13. The molecule has 36 heavy (non-hydrogen) atoms. The quantitative estimate of drug-likeness (QED) is 0.537. The number of ether oxygens (including phenoxy) is 2. The normalized spacial score (nSPS) is 19.1. The molecular formula is C30H32N2O4. The summed E-state index contributed by atoms with van der Waals surface area (Å²) in [5, 5.41) is 0. The predicted molar refractivity (Wildman–Crippen MR) is 138 cm³/mol. The van der Waals surface area contributed by atoms with E-state index in [1.165, 1.54) is 11.1 Å². The molecular weight excluding hydrogens is 452 g/mol. The number of carbonyl (C=O) groups is 2. The Kier molecular flexibility index (Phi) is 6.68. The number of likely N-dealkylation sites (tertiary alicyclic amines) is 1. The molecule has 1 fully saturated rings. The topological polar surface area (TPSA) is 59.1 Å². The number of carbonyl (C=O) groups excluding carboxylic acids is 2. The summed E-state index contributed by atoms with van der Waals surface area (Å²) in [5.74, 6) is 0.860. The number of aryl methyl sites for hydroxylation is 1.